The molecule has 3 aliphatic carbocycles. The van der Waals surface area contributed by atoms with Crippen LogP contribution in [-0.2, 0) is 14.3 Å². The SMILES string of the molecule is O=C(N[C@@H]1CC[C@H](C(=O)NC2CCCC2C(=O)O)C1)OCC1c2ccccc2-c2ccccc21. The molecule has 3 aliphatic rings. The van der Waals surface area contributed by atoms with Crippen molar-refractivity contribution >= 4 is 18.0 Å². The number of carbonyl (C=O) groups excluding carboxylic acids is 2. The average molecular weight is 463 g/mol. The number of nitrogens with one attached hydrogen (secondary N) is 2. The summed E-state index contributed by atoms with van der Waals surface area (Å²) in [7, 11) is 0. The summed E-state index contributed by atoms with van der Waals surface area (Å²) >= 11 is 0. The molecule has 2 aromatic carbocycles. The second-order valence-corrected chi connectivity index (χ2v) is 9.67. The Hall–Kier alpha value is -3.35. The van der Waals surface area contributed by atoms with Crippen molar-refractivity contribution in [2.75, 3.05) is 6.61 Å². The zero-order chi connectivity index (χ0) is 23.7. The van der Waals surface area contributed by atoms with Crippen molar-refractivity contribution in [3.8, 4) is 11.1 Å². The number of carboxylic acid groups (broad SMARTS) is 1. The predicted octanol–water partition coefficient (Wildman–Crippen LogP) is 4.06. The fourth-order valence-corrected chi connectivity index (χ4v) is 5.89. The normalized spacial score (nSPS) is 25.4. The number of ether oxygens (including phenoxy) is 1. The van der Waals surface area contributed by atoms with Crippen molar-refractivity contribution in [2.24, 2.45) is 11.8 Å². The van der Waals surface area contributed by atoms with E-state index in [-0.39, 0.29) is 36.4 Å². The molecule has 0 bridgehead atoms. The predicted molar refractivity (Wildman–Crippen MR) is 126 cm³/mol. The Labute approximate surface area is 198 Å². The van der Waals surface area contributed by atoms with Gasteiger partial charge < -0.3 is 20.5 Å². The van der Waals surface area contributed by atoms with Crippen molar-refractivity contribution in [3.05, 3.63) is 59.7 Å². The third kappa shape index (κ3) is 4.39. The molecular weight excluding hydrogens is 432 g/mol. The van der Waals surface area contributed by atoms with E-state index < -0.39 is 18.0 Å². The van der Waals surface area contributed by atoms with Crippen molar-refractivity contribution in [3.63, 3.8) is 0 Å². The quantitative estimate of drug-likeness (QED) is 0.600. The third-order valence-electron chi connectivity index (χ3n) is 7.63. The molecule has 2 saturated carbocycles. The molecule has 34 heavy (non-hydrogen) atoms. The molecule has 7 heteroatoms. The molecule has 4 atom stereocenters. The Kier molecular flexibility index (Phi) is 6.26. The molecule has 0 radical (unpaired) electrons. The summed E-state index contributed by atoms with van der Waals surface area (Å²) in [4.78, 5) is 36.6. The van der Waals surface area contributed by atoms with E-state index in [1.54, 1.807) is 0 Å². The van der Waals surface area contributed by atoms with E-state index in [1.807, 2.05) is 24.3 Å². The summed E-state index contributed by atoms with van der Waals surface area (Å²) in [5.41, 5.74) is 4.70. The first kappa shape index (κ1) is 22.4. The van der Waals surface area contributed by atoms with Crippen LogP contribution in [-0.4, -0.2) is 41.8 Å². The summed E-state index contributed by atoms with van der Waals surface area (Å²) in [5, 5.41) is 15.2. The van der Waals surface area contributed by atoms with E-state index in [0.717, 1.165) is 6.42 Å². The molecule has 0 aliphatic heterocycles. The maximum absolute atomic E-state index is 12.7. The van der Waals surface area contributed by atoms with Crippen LogP contribution >= 0.6 is 0 Å². The number of hydrogen-bond acceptors (Lipinski definition) is 4. The molecule has 7 nitrogen and oxygen atoms in total. The number of amides is 2. The number of carbonyl (C=O) groups is 3. The molecule has 0 heterocycles. The van der Waals surface area contributed by atoms with Gasteiger partial charge in [0.25, 0.3) is 0 Å². The maximum atomic E-state index is 12.7. The number of fused-ring (bicyclic) bond motifs is 3. The third-order valence-corrected chi connectivity index (χ3v) is 7.63. The Bertz CT molecular complexity index is 1050. The van der Waals surface area contributed by atoms with E-state index >= 15 is 0 Å². The monoisotopic (exact) mass is 462 g/mol. The molecule has 0 spiro atoms. The van der Waals surface area contributed by atoms with Gasteiger partial charge in [-0.15, -0.1) is 0 Å². The van der Waals surface area contributed by atoms with Crippen LogP contribution in [0.4, 0.5) is 4.79 Å². The van der Waals surface area contributed by atoms with Crippen LogP contribution in [0.15, 0.2) is 48.5 Å². The lowest BCUT2D eigenvalue weighted by atomic mass is 9.98. The molecular formula is C27H30N2O5. The second-order valence-electron chi connectivity index (χ2n) is 9.67. The van der Waals surface area contributed by atoms with Gasteiger partial charge in [-0.05, 0) is 54.4 Å². The van der Waals surface area contributed by atoms with Gasteiger partial charge in [0.1, 0.15) is 6.61 Å². The Balaban J connectivity index is 1.12. The smallest absolute Gasteiger partial charge is 0.407 e. The summed E-state index contributed by atoms with van der Waals surface area (Å²) < 4.78 is 5.63. The first-order chi connectivity index (χ1) is 16.5. The summed E-state index contributed by atoms with van der Waals surface area (Å²) in [6, 6.07) is 16.0. The van der Waals surface area contributed by atoms with Gasteiger partial charge in [0.05, 0.1) is 5.92 Å². The standard InChI is InChI=1S/C27H30N2O5/c30-25(29-24-11-5-10-22(24)26(31)32)16-12-13-17(14-16)28-27(33)34-15-23-20-8-3-1-6-18(20)19-7-2-4-9-21(19)23/h1-4,6-9,16-17,22-24H,5,10-15H2,(H,28,33)(H,29,30)(H,31,32)/t16-,17+,22?,24?/m0/s1. The number of rotatable bonds is 6. The molecule has 178 valence electrons. The minimum absolute atomic E-state index is 0.00819. The van der Waals surface area contributed by atoms with Crippen LogP contribution in [0.2, 0.25) is 0 Å². The van der Waals surface area contributed by atoms with Crippen LogP contribution in [0, 0.1) is 11.8 Å². The van der Waals surface area contributed by atoms with Gasteiger partial charge in [-0.1, -0.05) is 55.0 Å². The van der Waals surface area contributed by atoms with Gasteiger partial charge in [0.15, 0.2) is 0 Å². The van der Waals surface area contributed by atoms with E-state index in [1.165, 1.54) is 22.3 Å². The topological polar surface area (TPSA) is 105 Å². The Morgan fingerprint density at radius 1 is 0.882 bits per heavy atom. The molecule has 3 N–H and O–H groups in total. The summed E-state index contributed by atoms with van der Waals surface area (Å²) in [5.74, 6) is -1.65. The van der Waals surface area contributed by atoms with Crippen molar-refractivity contribution in [2.45, 2.75) is 56.5 Å². The number of aliphatic carboxylic acids is 1. The fourth-order valence-electron chi connectivity index (χ4n) is 5.89. The maximum Gasteiger partial charge on any atom is 0.407 e. The number of carboxylic acids is 1. The number of hydrogen-bond donors (Lipinski definition) is 3. The van der Waals surface area contributed by atoms with E-state index in [4.69, 9.17) is 4.74 Å². The van der Waals surface area contributed by atoms with Gasteiger partial charge in [-0.3, -0.25) is 9.59 Å². The molecule has 0 aromatic heterocycles. The van der Waals surface area contributed by atoms with Crippen LogP contribution in [0.3, 0.4) is 0 Å². The minimum Gasteiger partial charge on any atom is -0.481 e. The fraction of sp³-hybridized carbons (Fsp3) is 0.444. The lowest BCUT2D eigenvalue weighted by Crippen LogP contribution is -2.43. The Morgan fingerprint density at radius 3 is 2.24 bits per heavy atom. The van der Waals surface area contributed by atoms with E-state index in [2.05, 4.69) is 34.9 Å². The van der Waals surface area contributed by atoms with Crippen molar-refractivity contribution in [1.29, 1.82) is 0 Å². The van der Waals surface area contributed by atoms with Gasteiger partial charge in [0.2, 0.25) is 5.91 Å². The van der Waals surface area contributed by atoms with Gasteiger partial charge in [-0.2, -0.15) is 0 Å². The minimum atomic E-state index is -0.843. The van der Waals surface area contributed by atoms with Gasteiger partial charge in [0, 0.05) is 23.9 Å². The number of alkyl carbamates (subject to hydrolysis) is 1. The summed E-state index contributed by atoms with van der Waals surface area (Å²) in [6.45, 7) is 0.259. The molecule has 0 saturated heterocycles. The van der Waals surface area contributed by atoms with E-state index in [0.29, 0.717) is 32.1 Å². The van der Waals surface area contributed by atoms with Gasteiger partial charge >= 0.3 is 12.1 Å². The Morgan fingerprint density at radius 2 is 1.56 bits per heavy atom. The zero-order valence-electron chi connectivity index (χ0n) is 19.0. The van der Waals surface area contributed by atoms with Gasteiger partial charge in [-0.25, -0.2) is 4.79 Å². The molecule has 2 fully saturated rings. The van der Waals surface area contributed by atoms with Crippen molar-refractivity contribution < 1.29 is 24.2 Å². The lowest BCUT2D eigenvalue weighted by molar-refractivity contribution is -0.142. The molecule has 2 amide bonds. The van der Waals surface area contributed by atoms with Crippen LogP contribution < -0.4 is 10.6 Å². The highest BCUT2D eigenvalue weighted by Gasteiger charge is 2.37. The van der Waals surface area contributed by atoms with Crippen LogP contribution in [0.25, 0.3) is 11.1 Å². The highest BCUT2D eigenvalue weighted by Crippen LogP contribution is 2.44. The van der Waals surface area contributed by atoms with E-state index in [9.17, 15) is 19.5 Å². The molecule has 2 unspecified atom stereocenters. The highest BCUT2D eigenvalue weighted by molar-refractivity contribution is 5.81. The lowest BCUT2D eigenvalue weighted by Gasteiger charge is -2.20. The van der Waals surface area contributed by atoms with Crippen LogP contribution in [0.5, 0.6) is 0 Å². The zero-order valence-corrected chi connectivity index (χ0v) is 19.0. The second kappa shape index (κ2) is 9.49. The van der Waals surface area contributed by atoms with Crippen molar-refractivity contribution in [1.82, 2.24) is 10.6 Å². The first-order valence-electron chi connectivity index (χ1n) is 12.2. The number of benzene rings is 2. The van der Waals surface area contributed by atoms with Crippen LogP contribution in [0.1, 0.15) is 55.6 Å². The summed E-state index contributed by atoms with van der Waals surface area (Å²) in [6.07, 6.45) is 3.59. The average Bonchev–Trinajstić information content (AvgIpc) is 3.56. The first-order valence-corrected chi connectivity index (χ1v) is 12.2. The highest BCUT2D eigenvalue weighted by atomic mass is 16.5. The largest absolute Gasteiger partial charge is 0.481 e. The molecule has 5 rings (SSSR count). The molecule has 2 aromatic rings.